The van der Waals surface area contributed by atoms with Crippen LogP contribution in [0.5, 0.6) is 0 Å². The zero-order valence-corrected chi connectivity index (χ0v) is 9.52. The van der Waals surface area contributed by atoms with Crippen molar-refractivity contribution in [3.05, 3.63) is 15.8 Å². The molecule has 1 heterocycles. The highest BCUT2D eigenvalue weighted by molar-refractivity contribution is 5.60. The van der Waals surface area contributed by atoms with Gasteiger partial charge in [-0.25, -0.2) is 4.98 Å². The minimum absolute atomic E-state index is 0.0360. The van der Waals surface area contributed by atoms with Gasteiger partial charge in [0.1, 0.15) is 5.69 Å². The molecule has 7 heteroatoms. The molecule has 1 rings (SSSR count). The Morgan fingerprint density at radius 3 is 2.69 bits per heavy atom. The Kier molecular flexibility index (Phi) is 3.60. The van der Waals surface area contributed by atoms with Crippen molar-refractivity contribution >= 4 is 17.5 Å². The number of nitrogen functional groups attached to an aromatic ring is 1. The standard InChI is InChI=1S/C9H15N5O2/c1-4-5(2)11-8-7(14(15)16)6(3)12-9(10)13-8/h5H,4H2,1-3H3,(H3,10,11,12,13). The van der Waals surface area contributed by atoms with E-state index in [4.69, 9.17) is 5.73 Å². The molecular formula is C9H15N5O2. The molecule has 3 N–H and O–H groups in total. The molecule has 0 fully saturated rings. The van der Waals surface area contributed by atoms with Crippen LogP contribution in [-0.2, 0) is 0 Å². The first-order chi connectivity index (χ1) is 7.45. The van der Waals surface area contributed by atoms with E-state index in [1.807, 2.05) is 13.8 Å². The molecule has 0 spiro atoms. The first-order valence-electron chi connectivity index (χ1n) is 5.00. The van der Waals surface area contributed by atoms with E-state index in [-0.39, 0.29) is 29.2 Å². The van der Waals surface area contributed by atoms with Gasteiger partial charge in [-0.2, -0.15) is 4.98 Å². The van der Waals surface area contributed by atoms with E-state index in [1.54, 1.807) is 0 Å². The monoisotopic (exact) mass is 225 g/mol. The fourth-order valence-corrected chi connectivity index (χ4v) is 1.24. The van der Waals surface area contributed by atoms with E-state index in [0.29, 0.717) is 0 Å². The Morgan fingerprint density at radius 2 is 2.19 bits per heavy atom. The molecule has 0 aromatic carbocycles. The fourth-order valence-electron chi connectivity index (χ4n) is 1.24. The van der Waals surface area contributed by atoms with Crippen LogP contribution in [0.3, 0.4) is 0 Å². The predicted octanol–water partition coefficient (Wildman–Crippen LogP) is 1.49. The SMILES string of the molecule is CCC(C)Nc1nc(N)nc(C)c1[N+](=O)[O-]. The van der Waals surface area contributed by atoms with Gasteiger partial charge in [0.2, 0.25) is 11.8 Å². The number of nitro groups is 1. The molecule has 1 aromatic rings. The Bertz CT molecular complexity index is 407. The maximum absolute atomic E-state index is 10.9. The molecule has 1 aromatic heterocycles. The van der Waals surface area contributed by atoms with Gasteiger partial charge in [-0.15, -0.1) is 0 Å². The van der Waals surface area contributed by atoms with E-state index in [9.17, 15) is 10.1 Å². The Hall–Kier alpha value is -1.92. The summed E-state index contributed by atoms with van der Waals surface area (Å²) in [5, 5.41) is 13.8. The van der Waals surface area contributed by atoms with Crippen LogP contribution in [0.2, 0.25) is 0 Å². The van der Waals surface area contributed by atoms with Crippen LogP contribution < -0.4 is 11.1 Å². The smallest absolute Gasteiger partial charge is 0.332 e. The normalized spacial score (nSPS) is 12.2. The number of anilines is 2. The molecule has 88 valence electrons. The third-order valence-corrected chi connectivity index (χ3v) is 2.25. The molecule has 16 heavy (non-hydrogen) atoms. The number of hydrogen-bond acceptors (Lipinski definition) is 6. The van der Waals surface area contributed by atoms with Gasteiger partial charge in [0.15, 0.2) is 0 Å². The topological polar surface area (TPSA) is 107 Å². The molecule has 0 amide bonds. The number of aryl methyl sites for hydroxylation is 1. The third kappa shape index (κ3) is 2.56. The van der Waals surface area contributed by atoms with Gasteiger partial charge in [0.05, 0.1) is 4.92 Å². The minimum Gasteiger partial charge on any atom is -0.368 e. The van der Waals surface area contributed by atoms with Gasteiger partial charge in [-0.1, -0.05) is 6.92 Å². The summed E-state index contributed by atoms with van der Waals surface area (Å²) in [5.74, 6) is 0.221. The molecule has 0 aliphatic rings. The second kappa shape index (κ2) is 4.73. The van der Waals surface area contributed by atoms with E-state index in [1.165, 1.54) is 6.92 Å². The van der Waals surface area contributed by atoms with E-state index >= 15 is 0 Å². The second-order valence-corrected chi connectivity index (χ2v) is 3.58. The van der Waals surface area contributed by atoms with Crippen LogP contribution in [0.25, 0.3) is 0 Å². The van der Waals surface area contributed by atoms with Crippen LogP contribution in [0.1, 0.15) is 26.0 Å². The molecule has 0 bridgehead atoms. The van der Waals surface area contributed by atoms with Crippen LogP contribution in [-0.4, -0.2) is 20.9 Å². The summed E-state index contributed by atoms with van der Waals surface area (Å²) in [4.78, 5) is 18.0. The maximum atomic E-state index is 10.9. The van der Waals surface area contributed by atoms with Gasteiger partial charge < -0.3 is 11.1 Å². The van der Waals surface area contributed by atoms with Crippen LogP contribution in [0.4, 0.5) is 17.5 Å². The van der Waals surface area contributed by atoms with Gasteiger partial charge >= 0.3 is 5.69 Å². The van der Waals surface area contributed by atoms with Gasteiger partial charge in [-0.05, 0) is 20.3 Å². The molecule has 0 aliphatic carbocycles. The quantitative estimate of drug-likeness (QED) is 0.593. The van der Waals surface area contributed by atoms with Gasteiger partial charge in [-0.3, -0.25) is 10.1 Å². The number of nitrogens with zero attached hydrogens (tertiary/aromatic N) is 3. The maximum Gasteiger partial charge on any atom is 0.332 e. The molecule has 0 saturated heterocycles. The lowest BCUT2D eigenvalue weighted by Crippen LogP contribution is -2.17. The fraction of sp³-hybridized carbons (Fsp3) is 0.556. The lowest BCUT2D eigenvalue weighted by molar-refractivity contribution is -0.385. The van der Waals surface area contributed by atoms with Gasteiger partial charge in [0.25, 0.3) is 0 Å². The van der Waals surface area contributed by atoms with E-state index in [2.05, 4.69) is 15.3 Å². The Balaban J connectivity index is 3.19. The highest BCUT2D eigenvalue weighted by atomic mass is 16.6. The first kappa shape index (κ1) is 12.2. The number of aromatic nitrogens is 2. The van der Waals surface area contributed by atoms with Crippen molar-refractivity contribution in [3.8, 4) is 0 Å². The largest absolute Gasteiger partial charge is 0.368 e. The zero-order chi connectivity index (χ0) is 12.3. The predicted molar refractivity (Wildman–Crippen MR) is 61.2 cm³/mol. The Morgan fingerprint density at radius 1 is 1.56 bits per heavy atom. The lowest BCUT2D eigenvalue weighted by Gasteiger charge is -2.12. The minimum atomic E-state index is -0.501. The lowest BCUT2D eigenvalue weighted by atomic mass is 10.2. The molecule has 0 saturated carbocycles. The van der Waals surface area contributed by atoms with Crippen LogP contribution in [0, 0.1) is 17.0 Å². The summed E-state index contributed by atoms with van der Waals surface area (Å²) in [6.07, 6.45) is 0.833. The summed E-state index contributed by atoms with van der Waals surface area (Å²) in [7, 11) is 0. The third-order valence-electron chi connectivity index (χ3n) is 2.25. The second-order valence-electron chi connectivity index (χ2n) is 3.58. The van der Waals surface area contributed by atoms with Crippen molar-refractivity contribution in [2.24, 2.45) is 0 Å². The highest BCUT2D eigenvalue weighted by Crippen LogP contribution is 2.26. The van der Waals surface area contributed by atoms with Crippen LogP contribution >= 0.6 is 0 Å². The Labute approximate surface area is 93.2 Å². The van der Waals surface area contributed by atoms with Crippen molar-refractivity contribution in [3.63, 3.8) is 0 Å². The molecule has 1 atom stereocenters. The average Bonchev–Trinajstić information content (AvgIpc) is 2.15. The molecular weight excluding hydrogens is 210 g/mol. The summed E-state index contributed by atoms with van der Waals surface area (Å²) >= 11 is 0. The molecule has 0 radical (unpaired) electrons. The highest BCUT2D eigenvalue weighted by Gasteiger charge is 2.22. The zero-order valence-electron chi connectivity index (χ0n) is 9.52. The number of nitrogens with two attached hydrogens (primary N) is 1. The van der Waals surface area contributed by atoms with E-state index in [0.717, 1.165) is 6.42 Å². The number of rotatable bonds is 4. The summed E-state index contributed by atoms with van der Waals surface area (Å²) in [6, 6.07) is 0.0902. The molecule has 7 nitrogen and oxygen atoms in total. The molecule has 1 unspecified atom stereocenters. The summed E-state index contributed by atoms with van der Waals surface area (Å²) in [5.41, 5.74) is 5.61. The summed E-state index contributed by atoms with van der Waals surface area (Å²) in [6.45, 7) is 5.43. The first-order valence-corrected chi connectivity index (χ1v) is 5.00. The molecule has 0 aliphatic heterocycles. The van der Waals surface area contributed by atoms with Crippen molar-refractivity contribution in [2.45, 2.75) is 33.2 Å². The van der Waals surface area contributed by atoms with Gasteiger partial charge in [0, 0.05) is 6.04 Å². The van der Waals surface area contributed by atoms with Crippen LogP contribution in [0.15, 0.2) is 0 Å². The average molecular weight is 225 g/mol. The van der Waals surface area contributed by atoms with Crippen molar-refractivity contribution in [2.75, 3.05) is 11.1 Å². The van der Waals surface area contributed by atoms with Crippen molar-refractivity contribution in [1.82, 2.24) is 9.97 Å². The van der Waals surface area contributed by atoms with Crippen molar-refractivity contribution < 1.29 is 4.92 Å². The summed E-state index contributed by atoms with van der Waals surface area (Å²) < 4.78 is 0. The number of nitrogens with one attached hydrogen (secondary N) is 1. The van der Waals surface area contributed by atoms with Crippen molar-refractivity contribution in [1.29, 1.82) is 0 Å². The van der Waals surface area contributed by atoms with E-state index < -0.39 is 4.92 Å². The number of hydrogen-bond donors (Lipinski definition) is 2.